The molecule has 146 valence electrons. The number of carboxylic acids is 1. The minimum atomic E-state index is -0.972. The highest BCUT2D eigenvalue weighted by Crippen LogP contribution is 2.32. The quantitative estimate of drug-likeness (QED) is 0.557. The van der Waals surface area contributed by atoms with Crippen LogP contribution < -0.4 is 4.74 Å². The summed E-state index contributed by atoms with van der Waals surface area (Å²) < 4.78 is 39.2. The molecular weight excluding hydrogens is 374 g/mol. The minimum absolute atomic E-state index is 0.0551. The van der Waals surface area contributed by atoms with Gasteiger partial charge in [-0.3, -0.25) is 4.79 Å². The highest BCUT2D eigenvalue weighted by Gasteiger charge is 2.18. The fraction of sp³-hybridized carbons (Fsp3) is 0.450. The van der Waals surface area contributed by atoms with Crippen molar-refractivity contribution in [1.29, 1.82) is 0 Å². The Morgan fingerprint density at radius 2 is 1.93 bits per heavy atom. The van der Waals surface area contributed by atoms with Gasteiger partial charge in [0.05, 0.1) is 13.2 Å². The molecule has 1 aliphatic rings. The summed E-state index contributed by atoms with van der Waals surface area (Å²) in [6.45, 7) is 1.22. The molecule has 1 aromatic carbocycles. The van der Waals surface area contributed by atoms with Crippen LogP contribution in [0.5, 0.6) is 5.75 Å². The molecule has 1 aliphatic carbocycles. The van der Waals surface area contributed by atoms with Crippen molar-refractivity contribution in [1.82, 2.24) is 0 Å². The van der Waals surface area contributed by atoms with E-state index in [2.05, 4.69) is 0 Å². The van der Waals surface area contributed by atoms with Crippen molar-refractivity contribution in [2.75, 3.05) is 13.2 Å². The molecule has 0 saturated heterocycles. The summed E-state index contributed by atoms with van der Waals surface area (Å²) in [6.07, 6.45) is 3.83. The van der Waals surface area contributed by atoms with Crippen LogP contribution in [-0.2, 0) is 16.1 Å². The maximum absolute atomic E-state index is 14.2. The van der Waals surface area contributed by atoms with Crippen molar-refractivity contribution in [3.63, 3.8) is 0 Å². The van der Waals surface area contributed by atoms with Gasteiger partial charge < -0.3 is 14.6 Å². The van der Waals surface area contributed by atoms with Crippen molar-refractivity contribution in [3.8, 4) is 16.9 Å². The SMILES string of the molecule is O=C(O)CCCOc1c(F)cc(-c2csc(COCC3CCC3)c2)cc1F. The molecule has 0 spiro atoms. The van der Waals surface area contributed by atoms with Crippen LogP contribution in [0.3, 0.4) is 0 Å². The Morgan fingerprint density at radius 1 is 1.19 bits per heavy atom. The van der Waals surface area contributed by atoms with E-state index in [0.29, 0.717) is 18.1 Å². The zero-order chi connectivity index (χ0) is 19.2. The fourth-order valence-corrected chi connectivity index (χ4v) is 3.68. The minimum Gasteiger partial charge on any atom is -0.488 e. The third-order valence-corrected chi connectivity index (χ3v) is 5.50. The van der Waals surface area contributed by atoms with Crippen molar-refractivity contribution < 1.29 is 28.2 Å². The Hall–Kier alpha value is -1.99. The lowest BCUT2D eigenvalue weighted by Crippen LogP contribution is -2.17. The Bertz CT molecular complexity index is 763. The smallest absolute Gasteiger partial charge is 0.303 e. The van der Waals surface area contributed by atoms with Crippen molar-refractivity contribution in [2.24, 2.45) is 5.92 Å². The van der Waals surface area contributed by atoms with Crippen molar-refractivity contribution in [3.05, 3.63) is 40.1 Å². The number of ether oxygens (including phenoxy) is 2. The number of hydrogen-bond acceptors (Lipinski definition) is 4. The molecule has 2 aromatic rings. The topological polar surface area (TPSA) is 55.8 Å². The standard InChI is InChI=1S/C20H22F2O4S/c21-17-8-14(9-18(22)20(17)26-6-2-5-19(23)24)15-7-16(27-12-15)11-25-10-13-3-1-4-13/h7-9,12-13H,1-6,10-11H2,(H,23,24). The van der Waals surface area contributed by atoms with Crippen LogP contribution in [0.25, 0.3) is 11.1 Å². The normalized spacial score (nSPS) is 14.1. The first kappa shape index (κ1) is 19.8. The van der Waals surface area contributed by atoms with Crippen molar-refractivity contribution in [2.45, 2.75) is 38.7 Å². The van der Waals surface area contributed by atoms with E-state index in [0.717, 1.165) is 17.0 Å². The summed E-state index contributed by atoms with van der Waals surface area (Å²) in [6, 6.07) is 4.35. The Morgan fingerprint density at radius 3 is 2.56 bits per heavy atom. The number of carboxylic acid groups (broad SMARTS) is 1. The second-order valence-corrected chi connectivity index (χ2v) is 7.72. The molecule has 0 unspecified atom stereocenters. The van der Waals surface area contributed by atoms with Crippen LogP contribution in [0.15, 0.2) is 23.6 Å². The molecule has 1 fully saturated rings. The van der Waals surface area contributed by atoms with E-state index >= 15 is 0 Å². The molecule has 4 nitrogen and oxygen atoms in total. The van der Waals surface area contributed by atoms with Crippen LogP contribution in [0.1, 0.15) is 37.0 Å². The first-order valence-electron chi connectivity index (χ1n) is 9.02. The average Bonchev–Trinajstić information content (AvgIpc) is 3.04. The van der Waals surface area contributed by atoms with Gasteiger partial charge in [0.15, 0.2) is 17.4 Å². The molecule has 0 aliphatic heterocycles. The first-order valence-corrected chi connectivity index (χ1v) is 9.90. The number of halogens is 2. The maximum Gasteiger partial charge on any atom is 0.303 e. The molecule has 0 atom stereocenters. The predicted octanol–water partition coefficient (Wildman–Crippen LogP) is 5.25. The van der Waals surface area contributed by atoms with E-state index in [-0.39, 0.29) is 19.4 Å². The first-order chi connectivity index (χ1) is 13.0. The zero-order valence-corrected chi connectivity index (χ0v) is 15.7. The highest BCUT2D eigenvalue weighted by atomic mass is 32.1. The van der Waals surface area contributed by atoms with E-state index < -0.39 is 23.4 Å². The maximum atomic E-state index is 14.2. The zero-order valence-electron chi connectivity index (χ0n) is 14.9. The second-order valence-electron chi connectivity index (χ2n) is 6.73. The van der Waals surface area contributed by atoms with Gasteiger partial charge in [0.2, 0.25) is 0 Å². The predicted molar refractivity (Wildman–Crippen MR) is 99.0 cm³/mol. The average molecular weight is 396 g/mol. The summed E-state index contributed by atoms with van der Waals surface area (Å²) in [5.41, 5.74) is 1.17. The third kappa shape index (κ3) is 5.49. The van der Waals surface area contributed by atoms with Crippen LogP contribution >= 0.6 is 11.3 Å². The summed E-state index contributed by atoms with van der Waals surface area (Å²) in [4.78, 5) is 11.5. The van der Waals surface area contributed by atoms with Gasteiger partial charge in [-0.1, -0.05) is 6.42 Å². The van der Waals surface area contributed by atoms with Gasteiger partial charge in [-0.15, -0.1) is 11.3 Å². The van der Waals surface area contributed by atoms with Gasteiger partial charge in [0, 0.05) is 17.9 Å². The van der Waals surface area contributed by atoms with Crippen LogP contribution in [0.2, 0.25) is 0 Å². The molecule has 7 heteroatoms. The summed E-state index contributed by atoms with van der Waals surface area (Å²) in [5, 5.41) is 10.4. The van der Waals surface area contributed by atoms with E-state index in [1.165, 1.54) is 42.7 Å². The molecule has 1 N–H and O–H groups in total. The number of aliphatic carboxylic acids is 1. The molecule has 0 radical (unpaired) electrons. The molecule has 27 heavy (non-hydrogen) atoms. The number of benzene rings is 1. The molecule has 3 rings (SSSR count). The van der Waals surface area contributed by atoms with Gasteiger partial charge in [0.25, 0.3) is 0 Å². The Balaban J connectivity index is 1.58. The molecule has 1 aromatic heterocycles. The molecule has 1 heterocycles. The number of carbonyl (C=O) groups is 1. The van der Waals surface area contributed by atoms with Gasteiger partial charge in [0.1, 0.15) is 0 Å². The third-order valence-electron chi connectivity index (χ3n) is 4.59. The number of thiophene rings is 1. The van der Waals surface area contributed by atoms with Crippen molar-refractivity contribution >= 4 is 17.3 Å². The second kappa shape index (κ2) is 9.28. The van der Waals surface area contributed by atoms with E-state index in [9.17, 15) is 13.6 Å². The molecular formula is C20H22F2O4S. The largest absolute Gasteiger partial charge is 0.488 e. The monoisotopic (exact) mass is 396 g/mol. The highest BCUT2D eigenvalue weighted by molar-refractivity contribution is 7.10. The van der Waals surface area contributed by atoms with Crippen LogP contribution in [0.4, 0.5) is 8.78 Å². The van der Waals surface area contributed by atoms with Gasteiger partial charge >= 0.3 is 5.97 Å². The lowest BCUT2D eigenvalue weighted by Gasteiger charge is -2.24. The lowest BCUT2D eigenvalue weighted by atomic mass is 9.86. The number of rotatable bonds is 10. The summed E-state index contributed by atoms with van der Waals surface area (Å²) in [5.74, 6) is -2.36. The van der Waals surface area contributed by atoms with E-state index in [4.69, 9.17) is 14.6 Å². The summed E-state index contributed by atoms with van der Waals surface area (Å²) >= 11 is 1.50. The molecule has 1 saturated carbocycles. The molecule has 0 bridgehead atoms. The van der Waals surface area contributed by atoms with Gasteiger partial charge in [-0.05, 0) is 59.9 Å². The number of hydrogen-bond donors (Lipinski definition) is 1. The van der Waals surface area contributed by atoms with E-state index in [1.54, 1.807) is 0 Å². The van der Waals surface area contributed by atoms with Gasteiger partial charge in [-0.25, -0.2) is 8.78 Å². The van der Waals surface area contributed by atoms with E-state index in [1.807, 2.05) is 11.4 Å². The fourth-order valence-electron chi connectivity index (χ4n) is 2.86. The summed E-state index contributed by atoms with van der Waals surface area (Å²) in [7, 11) is 0. The van der Waals surface area contributed by atoms with Crippen LogP contribution in [0, 0.1) is 17.6 Å². The lowest BCUT2D eigenvalue weighted by molar-refractivity contribution is -0.137. The Kier molecular flexibility index (Phi) is 6.79. The molecule has 0 amide bonds. The Labute approximate surface area is 160 Å². The van der Waals surface area contributed by atoms with Crippen LogP contribution in [-0.4, -0.2) is 24.3 Å². The van der Waals surface area contributed by atoms with Gasteiger partial charge in [-0.2, -0.15) is 0 Å².